The molecule has 2 amide bonds. The number of carbonyl (C=O) groups excluding carboxylic acids is 2. The summed E-state index contributed by atoms with van der Waals surface area (Å²) in [5, 5.41) is 12.1. The Kier molecular flexibility index (Phi) is 4.71. The fraction of sp³-hybridized carbons (Fsp3) is 0.471. The van der Waals surface area contributed by atoms with Crippen molar-refractivity contribution < 1.29 is 19.1 Å². The molecule has 8 heteroatoms. The zero-order chi connectivity index (χ0) is 18.1. The Balaban J connectivity index is 1.84. The van der Waals surface area contributed by atoms with Crippen LogP contribution in [0.4, 0.5) is 4.39 Å². The molecule has 7 nitrogen and oxygen atoms in total. The second-order valence-electron chi connectivity index (χ2n) is 6.52. The lowest BCUT2D eigenvalue weighted by molar-refractivity contribution is -0.129. The summed E-state index contributed by atoms with van der Waals surface area (Å²) in [4.78, 5) is 33.2. The van der Waals surface area contributed by atoms with Gasteiger partial charge in [-0.25, -0.2) is 9.37 Å². The molecule has 1 saturated heterocycles. The number of benzene rings is 1. The third kappa shape index (κ3) is 3.48. The second-order valence-corrected chi connectivity index (χ2v) is 6.52. The van der Waals surface area contributed by atoms with E-state index in [-0.39, 0.29) is 23.6 Å². The van der Waals surface area contributed by atoms with E-state index in [1.54, 1.807) is 4.90 Å². The van der Waals surface area contributed by atoms with E-state index in [9.17, 15) is 19.1 Å². The van der Waals surface area contributed by atoms with Crippen molar-refractivity contribution in [2.75, 3.05) is 6.54 Å². The van der Waals surface area contributed by atoms with Gasteiger partial charge in [0.2, 0.25) is 5.91 Å². The van der Waals surface area contributed by atoms with Crippen molar-refractivity contribution >= 4 is 22.8 Å². The first-order valence-electron chi connectivity index (χ1n) is 8.29. The van der Waals surface area contributed by atoms with Gasteiger partial charge in [0.1, 0.15) is 17.4 Å². The summed E-state index contributed by atoms with van der Waals surface area (Å²) in [6.45, 7) is 3.62. The molecule has 2 aromatic rings. The molecule has 3 N–H and O–H groups in total. The van der Waals surface area contributed by atoms with E-state index in [1.165, 1.54) is 25.4 Å². The van der Waals surface area contributed by atoms with Gasteiger partial charge in [-0.05, 0) is 38.8 Å². The van der Waals surface area contributed by atoms with Crippen molar-refractivity contribution in [3.63, 3.8) is 0 Å². The van der Waals surface area contributed by atoms with Crippen LogP contribution in [0.5, 0.6) is 0 Å². The highest BCUT2D eigenvalue weighted by Crippen LogP contribution is 2.24. The summed E-state index contributed by atoms with van der Waals surface area (Å²) in [5.74, 6) is -1.30. The monoisotopic (exact) mass is 348 g/mol. The summed E-state index contributed by atoms with van der Waals surface area (Å²) in [6.07, 6.45) is 1.74. The van der Waals surface area contributed by atoms with Gasteiger partial charge < -0.3 is 20.3 Å². The van der Waals surface area contributed by atoms with E-state index < -0.39 is 17.8 Å². The first-order valence-corrected chi connectivity index (χ1v) is 8.29. The minimum absolute atomic E-state index is 0.0375. The summed E-state index contributed by atoms with van der Waals surface area (Å²) >= 11 is 0. The molecule has 3 rings (SSSR count). The van der Waals surface area contributed by atoms with E-state index in [1.807, 2.05) is 6.92 Å². The minimum atomic E-state index is -1.10. The largest absolute Gasteiger partial charge is 0.384 e. The molecule has 3 unspecified atom stereocenters. The van der Waals surface area contributed by atoms with Gasteiger partial charge in [-0.1, -0.05) is 0 Å². The number of aromatic amines is 1. The molecule has 0 aliphatic carbocycles. The number of H-pyrrole nitrogens is 1. The number of aliphatic hydroxyl groups excluding tert-OH is 1. The highest BCUT2D eigenvalue weighted by molar-refractivity contribution is 6.05. The standard InChI is InChI=1S/C17H21FN4O3/c1-9-3-4-12(21-16(24)10(2)23)7-22(9)17(25)13-5-11(18)6-14-15(13)20-8-19-14/h5-6,8-10,12,23H,3-4,7H2,1-2H3,(H,19,20)(H,21,24). The molecule has 0 saturated carbocycles. The van der Waals surface area contributed by atoms with E-state index >= 15 is 0 Å². The first kappa shape index (κ1) is 17.3. The Bertz CT molecular complexity index is 804. The van der Waals surface area contributed by atoms with E-state index in [2.05, 4.69) is 15.3 Å². The maximum absolute atomic E-state index is 13.8. The fourth-order valence-electron chi connectivity index (χ4n) is 3.16. The van der Waals surface area contributed by atoms with Gasteiger partial charge in [0.15, 0.2) is 0 Å². The molecule has 134 valence electrons. The Morgan fingerprint density at radius 3 is 2.92 bits per heavy atom. The van der Waals surface area contributed by atoms with Crippen molar-refractivity contribution in [1.29, 1.82) is 0 Å². The molecule has 1 aliphatic heterocycles. The minimum Gasteiger partial charge on any atom is -0.384 e. The van der Waals surface area contributed by atoms with Crippen LogP contribution >= 0.6 is 0 Å². The summed E-state index contributed by atoms with van der Waals surface area (Å²) in [7, 11) is 0. The van der Waals surface area contributed by atoms with Crippen LogP contribution < -0.4 is 5.32 Å². The number of aliphatic hydroxyl groups is 1. The number of piperidine rings is 1. The summed E-state index contributed by atoms with van der Waals surface area (Å²) < 4.78 is 13.8. The number of carbonyl (C=O) groups is 2. The number of halogens is 1. The predicted molar refractivity (Wildman–Crippen MR) is 89.4 cm³/mol. The number of nitrogens with one attached hydrogen (secondary N) is 2. The number of rotatable bonds is 3. The number of aromatic nitrogens is 2. The zero-order valence-corrected chi connectivity index (χ0v) is 14.1. The molecule has 3 atom stereocenters. The van der Waals surface area contributed by atoms with Gasteiger partial charge in [0.25, 0.3) is 5.91 Å². The lowest BCUT2D eigenvalue weighted by atomic mass is 9.97. The van der Waals surface area contributed by atoms with Crippen molar-refractivity contribution in [1.82, 2.24) is 20.2 Å². The number of hydrogen-bond acceptors (Lipinski definition) is 4. The van der Waals surface area contributed by atoms with Gasteiger partial charge in [0.05, 0.1) is 17.4 Å². The van der Waals surface area contributed by atoms with Crippen LogP contribution in [0.2, 0.25) is 0 Å². The van der Waals surface area contributed by atoms with E-state index in [0.717, 1.165) is 0 Å². The molecule has 0 bridgehead atoms. The van der Waals surface area contributed by atoms with Crippen LogP contribution in [-0.4, -0.2) is 56.5 Å². The van der Waals surface area contributed by atoms with Gasteiger partial charge in [-0.15, -0.1) is 0 Å². The van der Waals surface area contributed by atoms with Crippen LogP contribution in [0.15, 0.2) is 18.5 Å². The lowest BCUT2D eigenvalue weighted by Gasteiger charge is -2.38. The SMILES string of the molecule is CC(O)C(=O)NC1CCC(C)N(C(=O)c2cc(F)cc3[nH]cnc23)C1. The van der Waals surface area contributed by atoms with Crippen LogP contribution in [0.25, 0.3) is 11.0 Å². The number of hydrogen-bond donors (Lipinski definition) is 3. The first-order chi connectivity index (χ1) is 11.9. The Morgan fingerprint density at radius 2 is 2.20 bits per heavy atom. The molecule has 2 heterocycles. The molecule has 25 heavy (non-hydrogen) atoms. The lowest BCUT2D eigenvalue weighted by Crippen LogP contribution is -2.54. The van der Waals surface area contributed by atoms with Crippen molar-refractivity contribution in [3.05, 3.63) is 29.8 Å². The molecule has 0 radical (unpaired) electrons. The Labute approximate surface area is 144 Å². The van der Waals surface area contributed by atoms with E-state index in [4.69, 9.17) is 0 Å². The highest BCUT2D eigenvalue weighted by atomic mass is 19.1. The van der Waals surface area contributed by atoms with Gasteiger partial charge in [-0.3, -0.25) is 9.59 Å². The smallest absolute Gasteiger partial charge is 0.256 e. The third-order valence-corrected chi connectivity index (χ3v) is 4.59. The molecular formula is C17H21FN4O3. The van der Waals surface area contributed by atoms with Crippen LogP contribution in [-0.2, 0) is 4.79 Å². The van der Waals surface area contributed by atoms with Crippen molar-refractivity contribution in [2.45, 2.75) is 44.9 Å². The fourth-order valence-corrected chi connectivity index (χ4v) is 3.16. The number of amides is 2. The van der Waals surface area contributed by atoms with Crippen molar-refractivity contribution in [3.8, 4) is 0 Å². The molecule has 1 fully saturated rings. The normalized spacial score (nSPS) is 22.0. The average molecular weight is 348 g/mol. The second kappa shape index (κ2) is 6.79. The Morgan fingerprint density at radius 1 is 1.44 bits per heavy atom. The number of likely N-dealkylation sites (tertiary alicyclic amines) is 1. The average Bonchev–Trinajstić information content (AvgIpc) is 3.03. The number of nitrogens with zero attached hydrogens (tertiary/aromatic N) is 2. The van der Waals surface area contributed by atoms with Gasteiger partial charge in [0, 0.05) is 18.6 Å². The van der Waals surface area contributed by atoms with Crippen LogP contribution in [0.1, 0.15) is 37.0 Å². The Hall–Kier alpha value is -2.48. The topological polar surface area (TPSA) is 98.3 Å². The molecule has 1 aliphatic rings. The molecule has 1 aromatic heterocycles. The highest BCUT2D eigenvalue weighted by Gasteiger charge is 2.32. The molecular weight excluding hydrogens is 327 g/mol. The van der Waals surface area contributed by atoms with Crippen LogP contribution in [0.3, 0.4) is 0 Å². The van der Waals surface area contributed by atoms with Crippen molar-refractivity contribution in [2.24, 2.45) is 0 Å². The quantitative estimate of drug-likeness (QED) is 0.776. The van der Waals surface area contributed by atoms with Gasteiger partial charge >= 0.3 is 0 Å². The summed E-state index contributed by atoms with van der Waals surface area (Å²) in [6, 6.07) is 2.20. The number of imidazole rings is 1. The summed E-state index contributed by atoms with van der Waals surface area (Å²) in [5.41, 5.74) is 1.09. The van der Waals surface area contributed by atoms with E-state index in [0.29, 0.717) is 30.4 Å². The van der Waals surface area contributed by atoms with Gasteiger partial charge in [-0.2, -0.15) is 0 Å². The molecule has 1 aromatic carbocycles. The maximum Gasteiger partial charge on any atom is 0.256 e. The number of fused-ring (bicyclic) bond motifs is 1. The zero-order valence-electron chi connectivity index (χ0n) is 14.1. The molecule has 0 spiro atoms. The maximum atomic E-state index is 13.8. The van der Waals surface area contributed by atoms with Crippen LogP contribution in [0, 0.1) is 5.82 Å². The third-order valence-electron chi connectivity index (χ3n) is 4.59. The predicted octanol–water partition coefficient (Wildman–Crippen LogP) is 1.19.